The minimum atomic E-state index is -0.862. The molecule has 0 radical (unpaired) electrons. The van der Waals surface area contributed by atoms with Crippen LogP contribution in [0.2, 0.25) is 0 Å². The Hall–Kier alpha value is -3.03. The minimum absolute atomic E-state index is 0.218. The monoisotopic (exact) mass is 435 g/mol. The summed E-state index contributed by atoms with van der Waals surface area (Å²) in [7, 11) is 0. The van der Waals surface area contributed by atoms with Crippen molar-refractivity contribution in [3.05, 3.63) is 70.8 Å². The summed E-state index contributed by atoms with van der Waals surface area (Å²) in [6.07, 6.45) is 0. The molecule has 1 N–H and O–H groups in total. The van der Waals surface area contributed by atoms with E-state index in [-0.39, 0.29) is 11.8 Å². The molecule has 0 bridgehead atoms. The van der Waals surface area contributed by atoms with Crippen LogP contribution in [0.1, 0.15) is 45.7 Å². The lowest BCUT2D eigenvalue weighted by atomic mass is 10.0. The Morgan fingerprint density at radius 2 is 1.59 bits per heavy atom. The SMILES string of the molecule is CC(C)C(C(=O)NCc1cccc(CN2CCOCC2)c1)N1C(=O)c2ccccc2C1=O. The van der Waals surface area contributed by atoms with Gasteiger partial charge >= 0.3 is 0 Å². The van der Waals surface area contributed by atoms with Gasteiger partial charge in [-0.3, -0.25) is 24.2 Å². The number of morpholine rings is 1. The van der Waals surface area contributed by atoms with Crippen molar-refractivity contribution in [2.45, 2.75) is 33.0 Å². The van der Waals surface area contributed by atoms with Crippen LogP contribution in [-0.2, 0) is 22.6 Å². The van der Waals surface area contributed by atoms with E-state index in [1.807, 2.05) is 26.0 Å². The molecule has 1 unspecified atom stereocenters. The number of benzene rings is 2. The standard InChI is InChI=1S/C25H29N3O4/c1-17(2)22(28-24(30)20-8-3-4-9-21(20)25(28)31)23(29)26-15-18-6-5-7-19(14-18)16-27-10-12-32-13-11-27/h3-9,14,17,22H,10-13,15-16H2,1-2H3,(H,26,29). The van der Waals surface area contributed by atoms with Gasteiger partial charge in [-0.25, -0.2) is 0 Å². The maximum atomic E-state index is 13.1. The van der Waals surface area contributed by atoms with Gasteiger partial charge in [0.2, 0.25) is 5.91 Å². The summed E-state index contributed by atoms with van der Waals surface area (Å²) < 4.78 is 5.40. The van der Waals surface area contributed by atoms with Crippen molar-refractivity contribution in [2.75, 3.05) is 26.3 Å². The van der Waals surface area contributed by atoms with Gasteiger partial charge in [-0.2, -0.15) is 0 Å². The molecule has 2 aromatic rings. The number of hydrogen-bond donors (Lipinski definition) is 1. The van der Waals surface area contributed by atoms with E-state index in [2.05, 4.69) is 22.3 Å². The first-order valence-electron chi connectivity index (χ1n) is 11.1. The highest BCUT2D eigenvalue weighted by atomic mass is 16.5. The van der Waals surface area contributed by atoms with Gasteiger partial charge in [-0.1, -0.05) is 50.2 Å². The average Bonchev–Trinajstić information content (AvgIpc) is 3.04. The second kappa shape index (κ2) is 9.63. The minimum Gasteiger partial charge on any atom is -0.379 e. The first-order chi connectivity index (χ1) is 15.5. The summed E-state index contributed by atoms with van der Waals surface area (Å²) in [5, 5.41) is 2.94. The third-order valence-electron chi connectivity index (χ3n) is 5.97. The molecule has 0 aliphatic carbocycles. The zero-order valence-corrected chi connectivity index (χ0v) is 18.5. The summed E-state index contributed by atoms with van der Waals surface area (Å²) in [5.74, 6) is -1.36. The zero-order valence-electron chi connectivity index (χ0n) is 18.5. The molecule has 0 aromatic heterocycles. The number of amides is 3. The molecule has 0 saturated carbocycles. The molecule has 1 atom stereocenters. The number of carbonyl (C=O) groups is 3. The number of hydrogen-bond acceptors (Lipinski definition) is 5. The molecule has 7 nitrogen and oxygen atoms in total. The highest BCUT2D eigenvalue weighted by Crippen LogP contribution is 2.27. The van der Waals surface area contributed by atoms with Gasteiger partial charge in [0.25, 0.3) is 11.8 Å². The van der Waals surface area contributed by atoms with Crippen LogP contribution in [0, 0.1) is 5.92 Å². The number of imide groups is 1. The quantitative estimate of drug-likeness (QED) is 0.676. The summed E-state index contributed by atoms with van der Waals surface area (Å²) in [5.41, 5.74) is 2.87. The Morgan fingerprint density at radius 1 is 0.969 bits per heavy atom. The average molecular weight is 436 g/mol. The molecule has 2 aromatic carbocycles. The Bertz CT molecular complexity index is 979. The third-order valence-corrected chi connectivity index (χ3v) is 5.97. The van der Waals surface area contributed by atoms with E-state index in [9.17, 15) is 14.4 Å². The first kappa shape index (κ1) is 22.2. The molecule has 0 spiro atoms. The number of nitrogens with zero attached hydrogens (tertiary/aromatic N) is 2. The fourth-order valence-electron chi connectivity index (χ4n) is 4.33. The Kier molecular flexibility index (Phi) is 6.67. The van der Waals surface area contributed by atoms with Crippen molar-refractivity contribution in [3.63, 3.8) is 0 Å². The lowest BCUT2D eigenvalue weighted by Crippen LogP contribution is -2.52. The molecule has 2 aliphatic heterocycles. The Morgan fingerprint density at radius 3 is 2.22 bits per heavy atom. The predicted molar refractivity (Wildman–Crippen MR) is 120 cm³/mol. The highest BCUT2D eigenvalue weighted by molar-refractivity contribution is 6.22. The van der Waals surface area contributed by atoms with Gasteiger partial charge < -0.3 is 10.1 Å². The molecular weight excluding hydrogens is 406 g/mol. The molecular formula is C25H29N3O4. The third kappa shape index (κ3) is 4.59. The highest BCUT2D eigenvalue weighted by Gasteiger charge is 2.43. The van der Waals surface area contributed by atoms with Crippen LogP contribution >= 0.6 is 0 Å². The molecule has 4 rings (SSSR count). The number of ether oxygens (including phenoxy) is 1. The van der Waals surface area contributed by atoms with Gasteiger partial charge in [-0.05, 0) is 29.2 Å². The smallest absolute Gasteiger partial charge is 0.262 e. The van der Waals surface area contributed by atoms with Gasteiger partial charge in [0, 0.05) is 26.2 Å². The molecule has 32 heavy (non-hydrogen) atoms. The number of rotatable bonds is 7. The fraction of sp³-hybridized carbons (Fsp3) is 0.400. The van der Waals surface area contributed by atoms with Crippen molar-refractivity contribution in [2.24, 2.45) is 5.92 Å². The fourth-order valence-corrected chi connectivity index (χ4v) is 4.33. The van der Waals surface area contributed by atoms with E-state index in [0.717, 1.165) is 43.3 Å². The molecule has 2 aliphatic rings. The summed E-state index contributed by atoms with van der Waals surface area (Å²) in [4.78, 5) is 42.3. The lowest BCUT2D eigenvalue weighted by Gasteiger charge is -2.28. The topological polar surface area (TPSA) is 79.0 Å². The van der Waals surface area contributed by atoms with Gasteiger partial charge in [-0.15, -0.1) is 0 Å². The molecule has 7 heteroatoms. The van der Waals surface area contributed by atoms with Crippen LogP contribution in [-0.4, -0.2) is 59.9 Å². The van der Waals surface area contributed by atoms with Crippen LogP contribution in [0.3, 0.4) is 0 Å². The number of fused-ring (bicyclic) bond motifs is 1. The van der Waals surface area contributed by atoms with Crippen LogP contribution in [0.4, 0.5) is 0 Å². The predicted octanol–water partition coefficient (Wildman–Crippen LogP) is 2.46. The van der Waals surface area contributed by atoms with E-state index in [1.54, 1.807) is 24.3 Å². The molecule has 1 saturated heterocycles. The second-order valence-corrected chi connectivity index (χ2v) is 8.64. The summed E-state index contributed by atoms with van der Waals surface area (Å²) >= 11 is 0. The Labute approximate surface area is 188 Å². The normalized spacial score (nSPS) is 17.5. The molecule has 3 amide bonds. The van der Waals surface area contributed by atoms with Crippen molar-refractivity contribution >= 4 is 17.7 Å². The maximum absolute atomic E-state index is 13.1. The number of carbonyl (C=O) groups excluding carboxylic acids is 3. The summed E-state index contributed by atoms with van der Waals surface area (Å²) in [6.45, 7) is 8.20. The second-order valence-electron chi connectivity index (χ2n) is 8.64. The first-order valence-corrected chi connectivity index (χ1v) is 11.1. The van der Waals surface area contributed by atoms with Crippen LogP contribution in [0.5, 0.6) is 0 Å². The van der Waals surface area contributed by atoms with Crippen LogP contribution in [0.15, 0.2) is 48.5 Å². The summed E-state index contributed by atoms with van der Waals surface area (Å²) in [6, 6.07) is 14.0. The molecule has 168 valence electrons. The van der Waals surface area contributed by atoms with Crippen molar-refractivity contribution < 1.29 is 19.1 Å². The molecule has 2 heterocycles. The van der Waals surface area contributed by atoms with E-state index >= 15 is 0 Å². The van der Waals surface area contributed by atoms with Crippen molar-refractivity contribution in [1.29, 1.82) is 0 Å². The Balaban J connectivity index is 1.43. The molecule has 1 fully saturated rings. The largest absolute Gasteiger partial charge is 0.379 e. The van der Waals surface area contributed by atoms with E-state index in [0.29, 0.717) is 17.7 Å². The maximum Gasteiger partial charge on any atom is 0.262 e. The van der Waals surface area contributed by atoms with Crippen LogP contribution < -0.4 is 5.32 Å². The van der Waals surface area contributed by atoms with E-state index < -0.39 is 17.9 Å². The zero-order chi connectivity index (χ0) is 22.7. The van der Waals surface area contributed by atoms with Crippen molar-refractivity contribution in [3.8, 4) is 0 Å². The van der Waals surface area contributed by atoms with Crippen LogP contribution in [0.25, 0.3) is 0 Å². The van der Waals surface area contributed by atoms with Gasteiger partial charge in [0.1, 0.15) is 6.04 Å². The van der Waals surface area contributed by atoms with E-state index in [4.69, 9.17) is 4.74 Å². The lowest BCUT2D eigenvalue weighted by molar-refractivity contribution is -0.126. The van der Waals surface area contributed by atoms with E-state index in [1.165, 1.54) is 5.56 Å². The number of nitrogens with one attached hydrogen (secondary N) is 1. The van der Waals surface area contributed by atoms with Gasteiger partial charge in [0.15, 0.2) is 0 Å². The van der Waals surface area contributed by atoms with Gasteiger partial charge in [0.05, 0.1) is 24.3 Å². The van der Waals surface area contributed by atoms with Crippen molar-refractivity contribution in [1.82, 2.24) is 15.1 Å².